The molecule has 3 aromatic rings. The lowest BCUT2D eigenvalue weighted by Gasteiger charge is -2.27. The molecule has 7 nitrogen and oxygen atoms in total. The molecule has 1 fully saturated rings. The summed E-state index contributed by atoms with van der Waals surface area (Å²) in [7, 11) is 1.90. The Balaban J connectivity index is 1.65. The number of aryl methyl sites for hydroxylation is 2. The molecule has 1 N–H and O–H groups in total. The Morgan fingerprint density at radius 3 is 2.69 bits per heavy atom. The predicted octanol–water partition coefficient (Wildman–Crippen LogP) is 4.18. The van der Waals surface area contributed by atoms with Gasteiger partial charge in [-0.25, -0.2) is 4.68 Å². The molecular weight excluding hydrogens is 454 g/mol. The molecule has 4 rings (SSSR count). The summed E-state index contributed by atoms with van der Waals surface area (Å²) in [5, 5.41) is 15.5. The van der Waals surface area contributed by atoms with Crippen LogP contribution in [-0.4, -0.2) is 64.9 Å². The van der Waals surface area contributed by atoms with Gasteiger partial charge in [-0.1, -0.05) is 53.9 Å². The fraction of sp³-hybridized carbons (Fsp3) is 0.414. The summed E-state index contributed by atoms with van der Waals surface area (Å²) in [6.45, 7) is 4.82. The SMILES string of the molecule is C#CCOC[C@@H](O)CN(Cc1c(-c2ccccc2)nn(C)c1Oc1ccc(C)cc1)C[C@@H]1CCCO1. The molecule has 0 saturated carbocycles. The fourth-order valence-electron chi connectivity index (χ4n) is 4.48. The number of aliphatic hydroxyl groups is 1. The third-order valence-electron chi connectivity index (χ3n) is 6.20. The summed E-state index contributed by atoms with van der Waals surface area (Å²) in [5.41, 5.74) is 3.99. The molecule has 36 heavy (non-hydrogen) atoms. The highest BCUT2D eigenvalue weighted by atomic mass is 16.5. The first-order valence-electron chi connectivity index (χ1n) is 12.4. The van der Waals surface area contributed by atoms with Crippen molar-refractivity contribution in [3.8, 4) is 35.2 Å². The summed E-state index contributed by atoms with van der Waals surface area (Å²) in [6.07, 6.45) is 6.78. The third-order valence-corrected chi connectivity index (χ3v) is 6.20. The smallest absolute Gasteiger partial charge is 0.222 e. The average Bonchev–Trinajstić information content (AvgIpc) is 3.49. The molecule has 0 unspecified atom stereocenters. The molecule has 1 saturated heterocycles. The van der Waals surface area contributed by atoms with Crippen LogP contribution in [0.4, 0.5) is 0 Å². The molecular formula is C29H35N3O4. The van der Waals surface area contributed by atoms with Crippen molar-refractivity contribution >= 4 is 0 Å². The summed E-state index contributed by atoms with van der Waals surface area (Å²) in [4.78, 5) is 2.20. The van der Waals surface area contributed by atoms with Crippen LogP contribution in [0.25, 0.3) is 11.3 Å². The number of hydrogen-bond donors (Lipinski definition) is 1. The summed E-state index contributed by atoms with van der Waals surface area (Å²) in [5.74, 6) is 3.87. The van der Waals surface area contributed by atoms with Crippen LogP contribution in [0.2, 0.25) is 0 Å². The minimum atomic E-state index is -0.682. The zero-order chi connectivity index (χ0) is 25.3. The van der Waals surface area contributed by atoms with Gasteiger partial charge in [0.25, 0.3) is 0 Å². The summed E-state index contributed by atoms with van der Waals surface area (Å²) < 4.78 is 19.5. The molecule has 7 heteroatoms. The van der Waals surface area contributed by atoms with Crippen molar-refractivity contribution < 1.29 is 19.3 Å². The Bertz CT molecular complexity index is 1130. The van der Waals surface area contributed by atoms with Gasteiger partial charge in [-0.15, -0.1) is 6.42 Å². The van der Waals surface area contributed by atoms with E-state index in [2.05, 4.69) is 23.0 Å². The maximum atomic E-state index is 10.7. The number of hydrogen-bond acceptors (Lipinski definition) is 6. The zero-order valence-electron chi connectivity index (χ0n) is 21.1. The summed E-state index contributed by atoms with van der Waals surface area (Å²) in [6, 6.07) is 18.1. The molecule has 0 bridgehead atoms. The maximum Gasteiger partial charge on any atom is 0.222 e. The quantitative estimate of drug-likeness (QED) is 0.304. The normalized spacial score (nSPS) is 16.2. The Hall–Kier alpha value is -3.15. The first kappa shape index (κ1) is 25.9. The van der Waals surface area contributed by atoms with E-state index in [1.54, 1.807) is 4.68 Å². The van der Waals surface area contributed by atoms with Crippen LogP contribution in [0.5, 0.6) is 11.6 Å². The Kier molecular flexibility index (Phi) is 9.15. The lowest BCUT2D eigenvalue weighted by Crippen LogP contribution is -2.39. The molecule has 2 atom stereocenters. The maximum absolute atomic E-state index is 10.7. The fourth-order valence-corrected chi connectivity index (χ4v) is 4.48. The van der Waals surface area contributed by atoms with E-state index in [9.17, 15) is 5.11 Å². The number of nitrogens with zero attached hydrogens (tertiary/aromatic N) is 3. The molecule has 190 valence electrons. The second kappa shape index (κ2) is 12.7. The minimum Gasteiger partial charge on any atom is -0.439 e. The van der Waals surface area contributed by atoms with Crippen LogP contribution in [0.15, 0.2) is 54.6 Å². The van der Waals surface area contributed by atoms with E-state index in [0.29, 0.717) is 25.5 Å². The van der Waals surface area contributed by atoms with Gasteiger partial charge in [0, 0.05) is 38.9 Å². The van der Waals surface area contributed by atoms with Gasteiger partial charge in [0.2, 0.25) is 5.88 Å². The number of rotatable bonds is 12. The molecule has 2 heterocycles. The van der Waals surface area contributed by atoms with Gasteiger partial charge >= 0.3 is 0 Å². The van der Waals surface area contributed by atoms with Crippen molar-refractivity contribution in [3.05, 3.63) is 65.7 Å². The number of aromatic nitrogens is 2. The topological polar surface area (TPSA) is 69.0 Å². The van der Waals surface area contributed by atoms with Crippen LogP contribution < -0.4 is 4.74 Å². The molecule has 2 aromatic carbocycles. The zero-order valence-corrected chi connectivity index (χ0v) is 21.1. The highest BCUT2D eigenvalue weighted by molar-refractivity contribution is 5.65. The highest BCUT2D eigenvalue weighted by Crippen LogP contribution is 2.34. The van der Waals surface area contributed by atoms with E-state index in [1.807, 2.05) is 56.4 Å². The second-order valence-electron chi connectivity index (χ2n) is 9.24. The standard InChI is InChI=1S/C29H35N3O4/c1-4-16-34-21-24(33)18-32(19-26-11-8-17-35-26)20-27-28(23-9-6-5-7-10-23)30-31(3)29(27)36-25-14-12-22(2)13-15-25/h1,5-7,9-10,12-15,24,26,33H,8,11,16-21H2,2-3H3/t24-,26-/m0/s1. The number of terminal acetylenes is 1. The molecule has 1 aliphatic rings. The molecule has 0 aliphatic carbocycles. The Morgan fingerprint density at radius 2 is 2.00 bits per heavy atom. The van der Waals surface area contributed by atoms with Crippen LogP contribution in [0.3, 0.4) is 0 Å². The van der Waals surface area contributed by atoms with E-state index in [0.717, 1.165) is 42.0 Å². The van der Waals surface area contributed by atoms with E-state index < -0.39 is 6.10 Å². The van der Waals surface area contributed by atoms with Gasteiger partial charge < -0.3 is 19.3 Å². The van der Waals surface area contributed by atoms with Gasteiger partial charge in [0.1, 0.15) is 18.1 Å². The van der Waals surface area contributed by atoms with Gasteiger partial charge in [0.05, 0.1) is 24.4 Å². The van der Waals surface area contributed by atoms with Crippen LogP contribution in [0.1, 0.15) is 24.0 Å². The Labute approximate surface area is 213 Å². The summed E-state index contributed by atoms with van der Waals surface area (Å²) >= 11 is 0. The van der Waals surface area contributed by atoms with Crippen molar-refractivity contribution in [2.75, 3.05) is 32.9 Å². The molecule has 0 spiro atoms. The molecule has 0 radical (unpaired) electrons. The second-order valence-corrected chi connectivity index (χ2v) is 9.24. The van der Waals surface area contributed by atoms with E-state index in [4.69, 9.17) is 25.7 Å². The van der Waals surface area contributed by atoms with Gasteiger partial charge in [0.15, 0.2) is 0 Å². The van der Waals surface area contributed by atoms with Gasteiger partial charge in [-0.2, -0.15) is 5.10 Å². The Morgan fingerprint density at radius 1 is 1.22 bits per heavy atom. The van der Waals surface area contributed by atoms with E-state index >= 15 is 0 Å². The van der Waals surface area contributed by atoms with Crippen molar-refractivity contribution in [1.29, 1.82) is 0 Å². The first-order chi connectivity index (χ1) is 17.5. The third kappa shape index (κ3) is 6.96. The van der Waals surface area contributed by atoms with E-state index in [-0.39, 0.29) is 19.3 Å². The number of benzene rings is 2. The van der Waals surface area contributed by atoms with Crippen LogP contribution in [-0.2, 0) is 23.1 Å². The highest BCUT2D eigenvalue weighted by Gasteiger charge is 2.26. The van der Waals surface area contributed by atoms with Gasteiger partial charge in [-0.3, -0.25) is 4.90 Å². The van der Waals surface area contributed by atoms with Crippen LogP contribution in [0, 0.1) is 19.3 Å². The molecule has 1 aliphatic heterocycles. The van der Waals surface area contributed by atoms with Crippen LogP contribution >= 0.6 is 0 Å². The largest absolute Gasteiger partial charge is 0.439 e. The lowest BCUT2D eigenvalue weighted by atomic mass is 10.1. The van der Waals surface area contributed by atoms with Crippen molar-refractivity contribution in [1.82, 2.24) is 14.7 Å². The van der Waals surface area contributed by atoms with Crippen molar-refractivity contribution in [2.45, 2.75) is 38.5 Å². The lowest BCUT2D eigenvalue weighted by molar-refractivity contribution is 0.00943. The average molecular weight is 490 g/mol. The predicted molar refractivity (Wildman–Crippen MR) is 140 cm³/mol. The number of ether oxygens (including phenoxy) is 3. The van der Waals surface area contributed by atoms with Gasteiger partial charge in [-0.05, 0) is 31.9 Å². The molecule has 1 aromatic heterocycles. The first-order valence-corrected chi connectivity index (χ1v) is 12.4. The van der Waals surface area contributed by atoms with E-state index in [1.165, 1.54) is 5.56 Å². The molecule has 0 amide bonds. The van der Waals surface area contributed by atoms with Crippen molar-refractivity contribution in [3.63, 3.8) is 0 Å². The number of aliphatic hydroxyl groups excluding tert-OH is 1. The van der Waals surface area contributed by atoms with Crippen molar-refractivity contribution in [2.24, 2.45) is 7.05 Å². The monoisotopic (exact) mass is 489 g/mol. The minimum absolute atomic E-state index is 0.127.